The molecule has 0 N–H and O–H groups in total. The van der Waals surface area contributed by atoms with Gasteiger partial charge in [0.1, 0.15) is 0 Å². The highest BCUT2D eigenvalue weighted by molar-refractivity contribution is 7.92. The van der Waals surface area contributed by atoms with Gasteiger partial charge in [0, 0.05) is 5.02 Å². The maximum Gasteiger partial charge on any atom is 0.335 e. The quantitative estimate of drug-likeness (QED) is 0.505. The number of carbonyl (C=O) groups is 1. The van der Waals surface area contributed by atoms with Crippen molar-refractivity contribution >= 4 is 33.3 Å². The van der Waals surface area contributed by atoms with Gasteiger partial charge in [-0.2, -0.15) is 0 Å². The van der Waals surface area contributed by atoms with E-state index >= 15 is 0 Å². The fraction of sp³-hybridized carbons (Fsp3) is 0.250. The molecule has 0 spiro atoms. The molecule has 144 valence electrons. The highest BCUT2D eigenvalue weighted by Crippen LogP contribution is 2.26. The van der Waals surface area contributed by atoms with Gasteiger partial charge in [-0.05, 0) is 57.2 Å². The molecule has 0 atom stereocenters. The molecule has 0 unspecified atom stereocenters. The van der Waals surface area contributed by atoms with E-state index in [0.29, 0.717) is 10.7 Å². The zero-order chi connectivity index (χ0) is 20.0. The van der Waals surface area contributed by atoms with Gasteiger partial charge in [0.15, 0.2) is 0 Å². The molecule has 5 nitrogen and oxygen atoms in total. The number of allylic oxidation sites excluding steroid dienone is 1. The SMILES string of the molecule is C/C=C(\CN(c1ccc(Cl)cc1)S(=O)(=O)c1ccc(C)cc1)C(=O)OCC. The summed E-state index contributed by atoms with van der Waals surface area (Å²) >= 11 is 5.94. The number of anilines is 1. The number of sulfonamides is 1. The minimum absolute atomic E-state index is 0.141. The summed E-state index contributed by atoms with van der Waals surface area (Å²) in [6, 6.07) is 13.0. The Hall–Kier alpha value is -2.31. The normalized spacial score (nSPS) is 11.9. The second-order valence-corrected chi connectivity index (χ2v) is 8.13. The maximum absolute atomic E-state index is 13.3. The number of hydrogen-bond donors (Lipinski definition) is 0. The van der Waals surface area contributed by atoms with Gasteiger partial charge in [0.2, 0.25) is 0 Å². The van der Waals surface area contributed by atoms with Crippen LogP contribution >= 0.6 is 11.6 Å². The molecule has 0 bridgehead atoms. The van der Waals surface area contributed by atoms with Crippen LogP contribution in [0.15, 0.2) is 65.1 Å². The number of ether oxygens (including phenoxy) is 1. The van der Waals surface area contributed by atoms with Crippen LogP contribution in [-0.2, 0) is 19.6 Å². The van der Waals surface area contributed by atoms with Gasteiger partial charge >= 0.3 is 5.97 Å². The number of aryl methyl sites for hydroxylation is 1. The van der Waals surface area contributed by atoms with E-state index in [1.807, 2.05) is 6.92 Å². The molecule has 0 fully saturated rings. The summed E-state index contributed by atoms with van der Waals surface area (Å²) in [5, 5.41) is 0.489. The topological polar surface area (TPSA) is 63.7 Å². The van der Waals surface area contributed by atoms with Crippen LogP contribution < -0.4 is 4.31 Å². The predicted octanol–water partition coefficient (Wildman–Crippen LogP) is 4.35. The molecule has 0 saturated heterocycles. The third-order valence-electron chi connectivity index (χ3n) is 3.92. The molecule has 2 aromatic rings. The van der Waals surface area contributed by atoms with Crippen LogP contribution in [0.25, 0.3) is 0 Å². The Bertz CT molecular complexity index is 919. The number of benzene rings is 2. The van der Waals surface area contributed by atoms with Gasteiger partial charge in [-0.15, -0.1) is 0 Å². The molecule has 0 saturated carbocycles. The standard InChI is InChI=1S/C20H22ClNO4S/c1-4-16(20(23)26-5-2)14-22(18-10-8-17(21)9-11-18)27(24,25)19-12-6-15(3)7-13-19/h4,6-13H,5,14H2,1-3H3/b16-4+. The lowest BCUT2D eigenvalue weighted by molar-refractivity contribution is -0.138. The lowest BCUT2D eigenvalue weighted by atomic mass is 10.2. The molecular formula is C20H22ClNO4S. The Morgan fingerprint density at radius 1 is 1.11 bits per heavy atom. The second kappa shape index (κ2) is 9.06. The zero-order valence-corrected chi connectivity index (χ0v) is 17.0. The molecule has 0 aliphatic carbocycles. The van der Waals surface area contributed by atoms with Gasteiger partial charge in [-0.25, -0.2) is 13.2 Å². The molecule has 0 aliphatic rings. The Labute approximate surface area is 165 Å². The first-order valence-electron chi connectivity index (χ1n) is 8.47. The van der Waals surface area contributed by atoms with Crippen LogP contribution in [0.1, 0.15) is 19.4 Å². The zero-order valence-electron chi connectivity index (χ0n) is 15.5. The summed E-state index contributed by atoms with van der Waals surface area (Å²) in [5.74, 6) is -0.543. The van der Waals surface area contributed by atoms with Crippen LogP contribution in [0.3, 0.4) is 0 Å². The fourth-order valence-corrected chi connectivity index (χ4v) is 3.98. The molecule has 2 aromatic carbocycles. The second-order valence-electron chi connectivity index (χ2n) is 5.84. The van der Waals surface area contributed by atoms with E-state index in [9.17, 15) is 13.2 Å². The van der Waals surface area contributed by atoms with Crippen molar-refractivity contribution in [2.75, 3.05) is 17.5 Å². The molecule has 0 aliphatic heterocycles. The molecule has 0 radical (unpaired) electrons. The van der Waals surface area contributed by atoms with Gasteiger partial charge < -0.3 is 4.74 Å². The molecule has 0 heterocycles. The van der Waals surface area contributed by atoms with Crippen molar-refractivity contribution in [3.8, 4) is 0 Å². The number of rotatable bonds is 7. The monoisotopic (exact) mass is 407 g/mol. The van der Waals surface area contributed by atoms with Crippen molar-refractivity contribution < 1.29 is 17.9 Å². The number of nitrogens with zero attached hydrogens (tertiary/aromatic N) is 1. The first kappa shape index (κ1) is 21.0. The van der Waals surface area contributed by atoms with Crippen molar-refractivity contribution in [3.63, 3.8) is 0 Å². The summed E-state index contributed by atoms with van der Waals surface area (Å²) in [5.41, 5.74) is 1.61. The Kier molecular flexibility index (Phi) is 7.05. The van der Waals surface area contributed by atoms with E-state index in [2.05, 4.69) is 0 Å². The number of hydrogen-bond acceptors (Lipinski definition) is 4. The summed E-state index contributed by atoms with van der Waals surface area (Å²) < 4.78 is 32.8. The first-order valence-corrected chi connectivity index (χ1v) is 10.3. The van der Waals surface area contributed by atoms with E-state index in [4.69, 9.17) is 16.3 Å². The fourth-order valence-electron chi connectivity index (χ4n) is 2.41. The van der Waals surface area contributed by atoms with Gasteiger partial charge in [0.25, 0.3) is 10.0 Å². The summed E-state index contributed by atoms with van der Waals surface area (Å²) in [4.78, 5) is 12.3. The number of carbonyl (C=O) groups excluding carboxylic acids is 1. The average molecular weight is 408 g/mol. The van der Waals surface area contributed by atoms with E-state index in [0.717, 1.165) is 5.56 Å². The predicted molar refractivity (Wildman–Crippen MR) is 108 cm³/mol. The molecular weight excluding hydrogens is 386 g/mol. The number of halogens is 1. The van der Waals surface area contributed by atoms with Crippen molar-refractivity contribution in [1.29, 1.82) is 0 Å². The Morgan fingerprint density at radius 3 is 2.22 bits per heavy atom. The Balaban J connectivity index is 2.51. The van der Waals surface area contributed by atoms with Crippen molar-refractivity contribution in [2.45, 2.75) is 25.7 Å². The highest BCUT2D eigenvalue weighted by Gasteiger charge is 2.27. The largest absolute Gasteiger partial charge is 0.463 e. The van der Waals surface area contributed by atoms with E-state index in [1.165, 1.54) is 4.31 Å². The van der Waals surface area contributed by atoms with Crippen molar-refractivity contribution in [3.05, 3.63) is 70.8 Å². The van der Waals surface area contributed by atoms with E-state index < -0.39 is 16.0 Å². The van der Waals surface area contributed by atoms with Gasteiger partial charge in [-0.1, -0.05) is 35.4 Å². The molecule has 27 heavy (non-hydrogen) atoms. The van der Waals surface area contributed by atoms with Gasteiger partial charge in [0.05, 0.1) is 29.3 Å². The summed E-state index contributed by atoms with van der Waals surface area (Å²) in [6.45, 7) is 5.32. The Morgan fingerprint density at radius 2 is 1.70 bits per heavy atom. The third-order valence-corrected chi connectivity index (χ3v) is 5.96. The van der Waals surface area contributed by atoms with E-state index in [1.54, 1.807) is 68.5 Å². The minimum atomic E-state index is -3.90. The molecule has 2 rings (SSSR count). The molecule has 7 heteroatoms. The van der Waals surface area contributed by atoms with Crippen molar-refractivity contribution in [2.24, 2.45) is 0 Å². The van der Waals surface area contributed by atoms with E-state index in [-0.39, 0.29) is 23.6 Å². The van der Waals surface area contributed by atoms with Crippen LogP contribution in [-0.4, -0.2) is 27.5 Å². The van der Waals surface area contributed by atoms with Crippen LogP contribution in [0.2, 0.25) is 5.02 Å². The van der Waals surface area contributed by atoms with Crippen LogP contribution in [0.4, 0.5) is 5.69 Å². The lowest BCUT2D eigenvalue weighted by Gasteiger charge is -2.25. The van der Waals surface area contributed by atoms with Gasteiger partial charge in [-0.3, -0.25) is 4.31 Å². The molecule has 0 amide bonds. The van der Waals surface area contributed by atoms with Crippen LogP contribution in [0.5, 0.6) is 0 Å². The average Bonchev–Trinajstić information content (AvgIpc) is 2.64. The van der Waals surface area contributed by atoms with Crippen LogP contribution in [0, 0.1) is 6.92 Å². The lowest BCUT2D eigenvalue weighted by Crippen LogP contribution is -2.34. The highest BCUT2D eigenvalue weighted by atomic mass is 35.5. The summed E-state index contributed by atoms with van der Waals surface area (Å²) in [6.07, 6.45) is 1.56. The third kappa shape index (κ3) is 5.11. The maximum atomic E-state index is 13.3. The number of esters is 1. The minimum Gasteiger partial charge on any atom is -0.463 e. The summed E-state index contributed by atoms with van der Waals surface area (Å²) in [7, 11) is -3.90. The first-order chi connectivity index (χ1) is 12.8. The van der Waals surface area contributed by atoms with Crippen molar-refractivity contribution in [1.82, 2.24) is 0 Å². The smallest absolute Gasteiger partial charge is 0.335 e. The molecule has 0 aromatic heterocycles.